The molecule has 8 nitrogen and oxygen atoms in total. The summed E-state index contributed by atoms with van der Waals surface area (Å²) in [6.07, 6.45) is -0.685. The smallest absolute Gasteiger partial charge is 0.407 e. The van der Waals surface area contributed by atoms with Crippen LogP contribution in [0.4, 0.5) is 4.79 Å². The molecule has 0 aromatic heterocycles. The maximum absolute atomic E-state index is 11.7. The highest BCUT2D eigenvalue weighted by atomic mass is 16.6. The van der Waals surface area contributed by atoms with Crippen LogP contribution in [0, 0.1) is 5.21 Å². The second kappa shape index (κ2) is 7.21. The van der Waals surface area contributed by atoms with E-state index in [4.69, 9.17) is 9.47 Å². The molecule has 1 aliphatic rings. The molecule has 120 valence electrons. The van der Waals surface area contributed by atoms with Crippen LogP contribution in [0.15, 0.2) is 30.3 Å². The van der Waals surface area contributed by atoms with Crippen molar-refractivity contribution >= 4 is 12.0 Å². The highest BCUT2D eigenvalue weighted by Crippen LogP contribution is 2.06. The summed E-state index contributed by atoms with van der Waals surface area (Å²) in [5.74, 6) is -0.439. The molecule has 0 saturated carbocycles. The van der Waals surface area contributed by atoms with Gasteiger partial charge in [0.1, 0.15) is 26.2 Å². The molecule has 1 heterocycles. The van der Waals surface area contributed by atoms with Crippen LogP contribution in [0.3, 0.4) is 0 Å². The maximum Gasteiger partial charge on any atom is 0.407 e. The number of quaternary nitrogens is 1. The number of hydrogen-bond acceptors (Lipinski definition) is 5. The molecule has 1 aromatic rings. The summed E-state index contributed by atoms with van der Waals surface area (Å²) in [5, 5.41) is 16.0. The molecule has 3 N–H and O–H groups in total. The number of nitrogens with one attached hydrogen (secondary N) is 3. The van der Waals surface area contributed by atoms with Gasteiger partial charge < -0.3 is 30.4 Å². The van der Waals surface area contributed by atoms with Crippen LogP contribution in [0.5, 0.6) is 0 Å². The summed E-state index contributed by atoms with van der Waals surface area (Å²) in [6.45, 7) is 0.180. The van der Waals surface area contributed by atoms with Crippen LogP contribution in [0.25, 0.3) is 0 Å². The fraction of sp³-hybridized carbons (Fsp3) is 0.429. The van der Waals surface area contributed by atoms with Crippen molar-refractivity contribution in [2.24, 2.45) is 0 Å². The zero-order chi connectivity index (χ0) is 16.0. The standard InChI is InChI=1S/C14H19N3O5/c1-21-14(9-17(20)10-14)16-12(18)7-15-13(19)22-8-11-5-3-2-4-6-11/h2-6,17H,7-10H2,1H3,(H,15,19)(H,16,18). The fourth-order valence-electron chi connectivity index (χ4n) is 2.09. The zero-order valence-corrected chi connectivity index (χ0v) is 12.3. The molecule has 0 spiro atoms. The number of rotatable bonds is 6. The highest BCUT2D eigenvalue weighted by molar-refractivity contribution is 5.82. The Bertz CT molecular complexity index is 516. The van der Waals surface area contributed by atoms with Gasteiger partial charge in [0.05, 0.1) is 0 Å². The molecule has 0 bridgehead atoms. The van der Waals surface area contributed by atoms with Crippen LogP contribution in [0.1, 0.15) is 5.56 Å². The molecule has 22 heavy (non-hydrogen) atoms. The van der Waals surface area contributed by atoms with Gasteiger partial charge in [-0.25, -0.2) is 4.79 Å². The quantitative estimate of drug-likeness (QED) is 0.451. The molecule has 1 fully saturated rings. The van der Waals surface area contributed by atoms with Crippen LogP contribution in [0.2, 0.25) is 0 Å². The summed E-state index contributed by atoms with van der Waals surface area (Å²) in [4.78, 5) is 23.2. The number of carbonyl (C=O) groups is 2. The topological polar surface area (TPSA) is 104 Å². The molecule has 1 aromatic carbocycles. The Morgan fingerprint density at radius 2 is 2.00 bits per heavy atom. The molecule has 1 aliphatic heterocycles. The molecule has 8 heteroatoms. The predicted molar refractivity (Wildman–Crippen MR) is 76.6 cm³/mol. The molecule has 0 atom stereocenters. The summed E-state index contributed by atoms with van der Waals surface area (Å²) in [6, 6.07) is 9.21. The number of alkyl carbamates (subject to hydrolysis) is 1. The normalized spacial score (nSPS) is 23.3. The fourth-order valence-corrected chi connectivity index (χ4v) is 2.09. The molecule has 1 saturated heterocycles. The van der Waals surface area contributed by atoms with Gasteiger partial charge in [0, 0.05) is 7.11 Å². The third kappa shape index (κ3) is 4.42. The number of methoxy groups -OCH3 is 1. The SMILES string of the molecule is COC1(NC(=O)CNC(=O)OCc2ccccc2)C[NH+]([O-])C1. The Kier molecular flexibility index (Phi) is 5.31. The number of ether oxygens (including phenoxy) is 2. The largest absolute Gasteiger partial charge is 0.634 e. The van der Waals surface area contributed by atoms with E-state index in [2.05, 4.69) is 10.6 Å². The Hall–Kier alpha value is -2.16. The molecule has 0 radical (unpaired) electrons. The predicted octanol–water partition coefficient (Wildman–Crippen LogP) is -1.23. The lowest BCUT2D eigenvalue weighted by Gasteiger charge is -2.47. The first-order valence-electron chi connectivity index (χ1n) is 6.85. The van der Waals surface area contributed by atoms with Crippen molar-refractivity contribution in [2.75, 3.05) is 26.7 Å². The Labute approximate surface area is 128 Å². The number of benzene rings is 1. The van der Waals surface area contributed by atoms with E-state index in [0.717, 1.165) is 5.56 Å². The minimum Gasteiger partial charge on any atom is -0.634 e. The molecular formula is C14H19N3O5. The van der Waals surface area contributed by atoms with Crippen molar-refractivity contribution in [3.8, 4) is 0 Å². The maximum atomic E-state index is 11.7. The van der Waals surface area contributed by atoms with Gasteiger partial charge in [-0.2, -0.15) is 0 Å². The van der Waals surface area contributed by atoms with E-state index >= 15 is 0 Å². The second-order valence-electron chi connectivity index (χ2n) is 5.05. The van der Waals surface area contributed by atoms with E-state index in [1.54, 1.807) is 0 Å². The molecule has 0 aliphatic carbocycles. The molecule has 0 unspecified atom stereocenters. The van der Waals surface area contributed by atoms with Crippen molar-refractivity contribution in [3.63, 3.8) is 0 Å². The van der Waals surface area contributed by atoms with Crippen molar-refractivity contribution in [1.29, 1.82) is 0 Å². The summed E-state index contributed by atoms with van der Waals surface area (Å²) < 4.78 is 10.1. The van der Waals surface area contributed by atoms with Gasteiger partial charge in [0.25, 0.3) is 0 Å². The van der Waals surface area contributed by atoms with Crippen molar-refractivity contribution < 1.29 is 24.1 Å². The van der Waals surface area contributed by atoms with E-state index < -0.39 is 17.7 Å². The van der Waals surface area contributed by atoms with Crippen LogP contribution in [-0.4, -0.2) is 44.5 Å². The van der Waals surface area contributed by atoms with Crippen LogP contribution >= 0.6 is 0 Å². The van der Waals surface area contributed by atoms with E-state index in [0.29, 0.717) is 0 Å². The van der Waals surface area contributed by atoms with Gasteiger partial charge in [-0.3, -0.25) is 4.79 Å². The highest BCUT2D eigenvalue weighted by Gasteiger charge is 2.46. The van der Waals surface area contributed by atoms with Crippen LogP contribution in [-0.2, 0) is 20.9 Å². The average molecular weight is 309 g/mol. The molecule has 2 amide bonds. The Morgan fingerprint density at radius 1 is 1.32 bits per heavy atom. The number of hydroxylamine groups is 2. The number of carbonyl (C=O) groups excluding carboxylic acids is 2. The average Bonchev–Trinajstić information content (AvgIpc) is 2.50. The second-order valence-corrected chi connectivity index (χ2v) is 5.05. The lowest BCUT2D eigenvalue weighted by molar-refractivity contribution is -0.915. The van der Waals surface area contributed by atoms with E-state index in [1.807, 2.05) is 30.3 Å². The molecule has 2 rings (SSSR count). The lowest BCUT2D eigenvalue weighted by atomic mass is 10.1. The third-order valence-electron chi connectivity index (χ3n) is 3.33. The van der Waals surface area contributed by atoms with Crippen molar-refractivity contribution in [1.82, 2.24) is 10.6 Å². The minimum absolute atomic E-state index is 0.0254. The van der Waals surface area contributed by atoms with E-state index in [1.165, 1.54) is 7.11 Å². The van der Waals surface area contributed by atoms with Crippen LogP contribution < -0.4 is 15.7 Å². The monoisotopic (exact) mass is 309 g/mol. The minimum atomic E-state index is -0.927. The summed E-state index contributed by atoms with van der Waals surface area (Å²) in [7, 11) is 1.42. The first kappa shape index (κ1) is 16.2. The van der Waals surface area contributed by atoms with Crippen molar-refractivity contribution in [3.05, 3.63) is 41.1 Å². The molecular weight excluding hydrogens is 290 g/mol. The van der Waals surface area contributed by atoms with Gasteiger partial charge in [-0.05, 0) is 5.56 Å². The zero-order valence-electron chi connectivity index (χ0n) is 12.3. The summed E-state index contributed by atoms with van der Waals surface area (Å²) in [5.41, 5.74) is -0.0718. The first-order valence-corrected chi connectivity index (χ1v) is 6.85. The number of hydrogen-bond donors (Lipinski definition) is 3. The van der Waals surface area contributed by atoms with Gasteiger partial charge >= 0.3 is 6.09 Å². The van der Waals surface area contributed by atoms with Gasteiger partial charge in [-0.15, -0.1) is 0 Å². The Balaban J connectivity index is 1.66. The van der Waals surface area contributed by atoms with Crippen molar-refractivity contribution in [2.45, 2.75) is 12.3 Å². The van der Waals surface area contributed by atoms with E-state index in [-0.39, 0.29) is 31.3 Å². The third-order valence-corrected chi connectivity index (χ3v) is 3.33. The van der Waals surface area contributed by atoms with Gasteiger partial charge in [0.2, 0.25) is 11.6 Å². The summed E-state index contributed by atoms with van der Waals surface area (Å²) >= 11 is 0. The first-order chi connectivity index (χ1) is 10.5. The van der Waals surface area contributed by atoms with Gasteiger partial charge in [-0.1, -0.05) is 30.3 Å². The number of amides is 2. The lowest BCUT2D eigenvalue weighted by Crippen LogP contribution is -3.21. The van der Waals surface area contributed by atoms with Gasteiger partial charge in [0.15, 0.2) is 0 Å². The Morgan fingerprint density at radius 3 is 2.59 bits per heavy atom. The van der Waals surface area contributed by atoms with E-state index in [9.17, 15) is 14.8 Å².